The zero-order valence-corrected chi connectivity index (χ0v) is 18.1. The maximum atomic E-state index is 12.2. The molecule has 0 atom stereocenters. The van der Waals surface area contributed by atoms with E-state index in [1.807, 2.05) is 71.0 Å². The van der Waals surface area contributed by atoms with Crippen LogP contribution < -0.4 is 5.32 Å². The molecule has 2 aromatic rings. The van der Waals surface area contributed by atoms with Crippen LogP contribution in [-0.4, -0.2) is 40.9 Å². The molecule has 1 aliphatic rings. The molecule has 1 amide bonds. The van der Waals surface area contributed by atoms with Crippen molar-refractivity contribution in [2.75, 3.05) is 6.54 Å². The first-order valence-electron chi connectivity index (χ1n) is 9.95. The third-order valence-corrected chi connectivity index (χ3v) is 5.31. The number of hydrogen-bond donors (Lipinski definition) is 1. The van der Waals surface area contributed by atoms with Gasteiger partial charge in [-0.25, -0.2) is 4.79 Å². The van der Waals surface area contributed by atoms with E-state index in [4.69, 9.17) is 14.0 Å². The minimum Gasteiger partial charge on any atom is -0.445 e. The highest BCUT2D eigenvalue weighted by atomic mass is 16.7. The van der Waals surface area contributed by atoms with Crippen molar-refractivity contribution in [3.05, 3.63) is 65.1 Å². The van der Waals surface area contributed by atoms with Crippen molar-refractivity contribution < 1.29 is 18.8 Å². The summed E-state index contributed by atoms with van der Waals surface area (Å²) < 4.78 is 17.6. The number of hydrogen-bond acceptors (Lipinski definition) is 6. The number of amides is 1. The van der Waals surface area contributed by atoms with Crippen LogP contribution >= 0.6 is 0 Å². The number of rotatable bonds is 6. The molecule has 7 nitrogen and oxygen atoms in total. The lowest BCUT2D eigenvalue weighted by Gasteiger charge is -2.32. The summed E-state index contributed by atoms with van der Waals surface area (Å²) in [5.74, 6) is 0. The zero-order chi connectivity index (χ0) is 21.8. The van der Waals surface area contributed by atoms with Crippen LogP contribution in [-0.2, 0) is 20.7 Å². The Balaban J connectivity index is 1.71. The quantitative estimate of drug-likeness (QED) is 0.733. The predicted octanol–water partition coefficient (Wildman–Crippen LogP) is 3.73. The Morgan fingerprint density at radius 2 is 1.80 bits per heavy atom. The Morgan fingerprint density at radius 3 is 2.43 bits per heavy atom. The van der Waals surface area contributed by atoms with Crippen molar-refractivity contribution in [2.45, 2.75) is 52.4 Å². The molecule has 3 rings (SSSR count). The van der Waals surface area contributed by atoms with Gasteiger partial charge in [0, 0.05) is 12.7 Å². The third kappa shape index (κ3) is 5.46. The monoisotopic (exact) mass is 409 g/mol. The predicted molar refractivity (Wildman–Crippen MR) is 115 cm³/mol. The van der Waals surface area contributed by atoms with Crippen LogP contribution in [0.3, 0.4) is 0 Å². The number of nitrogens with zero attached hydrogens (tertiary/aromatic N) is 2. The molecule has 0 bridgehead atoms. The summed E-state index contributed by atoms with van der Waals surface area (Å²) in [4.78, 5) is 20.9. The Hall–Kier alpha value is -2.71. The normalized spacial score (nSPS) is 17.6. The van der Waals surface area contributed by atoms with Crippen LogP contribution in [0.15, 0.2) is 48.2 Å². The standard InChI is InChI=1S/C22H28BN3O4/c1-16-12-24-14-19(26-16)11-18(23-29-21(2,3)22(4,5)30-23)13-25-20(27)28-15-17-9-7-6-8-10-17/h6-12,14H,13,15H2,1-5H3,(H,25,27). The van der Waals surface area contributed by atoms with E-state index in [0.29, 0.717) is 5.69 Å². The number of benzene rings is 1. The maximum Gasteiger partial charge on any atom is 0.492 e. The van der Waals surface area contributed by atoms with Gasteiger partial charge in [-0.1, -0.05) is 30.3 Å². The topological polar surface area (TPSA) is 82.6 Å². The second-order valence-electron chi connectivity index (χ2n) is 8.31. The summed E-state index contributed by atoms with van der Waals surface area (Å²) in [5, 5.41) is 2.78. The van der Waals surface area contributed by atoms with E-state index in [2.05, 4.69) is 15.3 Å². The fourth-order valence-corrected chi connectivity index (χ4v) is 2.89. The number of alkyl carbamates (subject to hydrolysis) is 1. The van der Waals surface area contributed by atoms with E-state index in [9.17, 15) is 4.79 Å². The number of ether oxygens (including phenoxy) is 1. The molecule has 158 valence electrons. The van der Waals surface area contributed by atoms with Crippen molar-refractivity contribution >= 4 is 19.3 Å². The van der Waals surface area contributed by atoms with Crippen molar-refractivity contribution in [1.29, 1.82) is 0 Å². The molecule has 0 unspecified atom stereocenters. The van der Waals surface area contributed by atoms with Gasteiger partial charge in [-0.3, -0.25) is 9.97 Å². The van der Waals surface area contributed by atoms with Gasteiger partial charge in [0.15, 0.2) is 0 Å². The van der Waals surface area contributed by atoms with Crippen LogP contribution in [0.5, 0.6) is 0 Å². The summed E-state index contributed by atoms with van der Waals surface area (Å²) in [7, 11) is -0.619. The van der Waals surface area contributed by atoms with E-state index in [-0.39, 0.29) is 13.2 Å². The fraction of sp³-hybridized carbons (Fsp3) is 0.409. The second kappa shape index (κ2) is 8.98. The molecule has 30 heavy (non-hydrogen) atoms. The number of aromatic nitrogens is 2. The first-order chi connectivity index (χ1) is 14.2. The van der Waals surface area contributed by atoms with E-state index in [1.165, 1.54) is 0 Å². The molecule has 0 radical (unpaired) electrons. The molecule has 0 spiro atoms. The molecule has 1 aliphatic heterocycles. The summed E-state index contributed by atoms with van der Waals surface area (Å²) in [6.45, 7) is 10.2. The van der Waals surface area contributed by atoms with Crippen LogP contribution in [0.2, 0.25) is 0 Å². The highest BCUT2D eigenvalue weighted by molar-refractivity contribution is 6.56. The van der Waals surface area contributed by atoms with Gasteiger partial charge in [-0.15, -0.1) is 0 Å². The largest absolute Gasteiger partial charge is 0.492 e. The van der Waals surface area contributed by atoms with Crippen molar-refractivity contribution in [3.8, 4) is 0 Å². The highest BCUT2D eigenvalue weighted by Gasteiger charge is 2.52. The lowest BCUT2D eigenvalue weighted by atomic mass is 9.77. The highest BCUT2D eigenvalue weighted by Crippen LogP contribution is 2.38. The average Bonchev–Trinajstić information content (AvgIpc) is 2.91. The van der Waals surface area contributed by atoms with E-state index in [0.717, 1.165) is 16.7 Å². The van der Waals surface area contributed by atoms with Gasteiger partial charge in [0.2, 0.25) is 0 Å². The molecule has 2 heterocycles. The Morgan fingerprint density at radius 1 is 1.13 bits per heavy atom. The fourth-order valence-electron chi connectivity index (χ4n) is 2.89. The number of nitrogens with one attached hydrogen (secondary N) is 1. The molecule has 1 aromatic heterocycles. The molecule has 0 aliphatic carbocycles. The smallest absolute Gasteiger partial charge is 0.445 e. The average molecular weight is 409 g/mol. The summed E-state index contributed by atoms with van der Waals surface area (Å²) in [5.41, 5.74) is 2.12. The van der Waals surface area contributed by atoms with Gasteiger partial charge >= 0.3 is 13.2 Å². The van der Waals surface area contributed by atoms with Crippen molar-refractivity contribution in [1.82, 2.24) is 15.3 Å². The van der Waals surface area contributed by atoms with Crippen LogP contribution in [0, 0.1) is 6.92 Å². The number of carbonyl (C=O) groups excluding carboxylic acids is 1. The molecule has 1 fully saturated rings. The molecule has 8 heteroatoms. The van der Waals surface area contributed by atoms with Gasteiger partial charge in [0.1, 0.15) is 6.61 Å². The van der Waals surface area contributed by atoms with Crippen molar-refractivity contribution in [2.24, 2.45) is 0 Å². The molecule has 1 aromatic carbocycles. The molecule has 1 saturated heterocycles. The molecular formula is C22H28BN3O4. The zero-order valence-electron chi connectivity index (χ0n) is 18.1. The first-order valence-corrected chi connectivity index (χ1v) is 9.95. The van der Waals surface area contributed by atoms with Gasteiger partial charge in [-0.2, -0.15) is 0 Å². The van der Waals surface area contributed by atoms with Crippen LogP contribution in [0.1, 0.15) is 44.6 Å². The lowest BCUT2D eigenvalue weighted by molar-refractivity contribution is 0.00578. The van der Waals surface area contributed by atoms with Crippen molar-refractivity contribution in [3.63, 3.8) is 0 Å². The SMILES string of the molecule is Cc1cncc(C=C(CNC(=O)OCc2ccccc2)B2OC(C)(C)C(C)(C)O2)n1. The molecule has 1 N–H and O–H groups in total. The molecular weight excluding hydrogens is 381 g/mol. The summed E-state index contributed by atoms with van der Waals surface area (Å²) >= 11 is 0. The maximum absolute atomic E-state index is 12.2. The Bertz CT molecular complexity index is 900. The van der Waals surface area contributed by atoms with Gasteiger partial charge < -0.3 is 19.4 Å². The number of carbonyl (C=O) groups is 1. The summed E-state index contributed by atoms with van der Waals surface area (Å²) in [6.07, 6.45) is 4.66. The summed E-state index contributed by atoms with van der Waals surface area (Å²) in [6, 6.07) is 9.52. The number of aryl methyl sites for hydroxylation is 1. The third-order valence-electron chi connectivity index (χ3n) is 5.31. The lowest BCUT2D eigenvalue weighted by Crippen LogP contribution is -2.41. The van der Waals surface area contributed by atoms with E-state index < -0.39 is 24.4 Å². The molecule has 0 saturated carbocycles. The first kappa shape index (κ1) is 22.0. The Kier molecular flexibility index (Phi) is 6.58. The minimum atomic E-state index is -0.619. The Labute approximate surface area is 178 Å². The second-order valence-corrected chi connectivity index (χ2v) is 8.31. The van der Waals surface area contributed by atoms with Gasteiger partial charge in [0.25, 0.3) is 0 Å². The minimum absolute atomic E-state index is 0.195. The van der Waals surface area contributed by atoms with E-state index >= 15 is 0 Å². The van der Waals surface area contributed by atoms with Gasteiger partial charge in [-0.05, 0) is 51.7 Å². The van der Waals surface area contributed by atoms with Crippen LogP contribution in [0.4, 0.5) is 4.79 Å². The van der Waals surface area contributed by atoms with E-state index in [1.54, 1.807) is 12.4 Å². The van der Waals surface area contributed by atoms with Crippen LogP contribution in [0.25, 0.3) is 6.08 Å². The van der Waals surface area contributed by atoms with Gasteiger partial charge in [0.05, 0.1) is 28.8 Å².